The first kappa shape index (κ1) is 13.5. The molecule has 1 rings (SSSR count). The lowest BCUT2D eigenvalue weighted by Gasteiger charge is -2.12. The molecule has 0 heterocycles. The van der Waals surface area contributed by atoms with Crippen molar-refractivity contribution in [3.63, 3.8) is 0 Å². The van der Waals surface area contributed by atoms with Gasteiger partial charge in [-0.1, -0.05) is 15.9 Å². The van der Waals surface area contributed by atoms with Crippen molar-refractivity contribution in [2.45, 2.75) is 26.8 Å². The molecule has 0 saturated carbocycles. The monoisotopic (exact) mass is 306 g/mol. The maximum Gasteiger partial charge on any atom is 0.299 e. The Hall–Kier alpha value is -0.590. The molecule has 1 aromatic rings. The van der Waals surface area contributed by atoms with Gasteiger partial charge in [0, 0.05) is 10.5 Å². The predicted octanol–water partition coefficient (Wildman–Crippen LogP) is 2.41. The summed E-state index contributed by atoms with van der Waals surface area (Å²) in [6.07, 6.45) is 0. The summed E-state index contributed by atoms with van der Waals surface area (Å²) in [4.78, 5) is 0. The molecule has 0 aliphatic carbocycles. The maximum absolute atomic E-state index is 11.6. The molecule has 0 unspecified atom stereocenters. The Balaban J connectivity index is 2.84. The first-order chi connectivity index (χ1) is 7.30. The van der Waals surface area contributed by atoms with Gasteiger partial charge in [-0.3, -0.25) is 4.72 Å². The average Bonchev–Trinajstić information content (AvgIpc) is 2.08. The molecule has 4 nitrogen and oxygen atoms in total. The molecule has 90 valence electrons. The van der Waals surface area contributed by atoms with Crippen molar-refractivity contribution in [1.29, 1.82) is 0 Å². The lowest BCUT2D eigenvalue weighted by molar-refractivity contribution is 0.575. The molecule has 0 atom stereocenters. The third kappa shape index (κ3) is 4.11. The predicted molar refractivity (Wildman–Crippen MR) is 69.7 cm³/mol. The number of hydrogen-bond donors (Lipinski definition) is 2. The zero-order valence-electron chi connectivity index (χ0n) is 9.41. The molecule has 6 heteroatoms. The van der Waals surface area contributed by atoms with Crippen molar-refractivity contribution >= 4 is 31.8 Å². The summed E-state index contributed by atoms with van der Waals surface area (Å²) in [7, 11) is -3.48. The summed E-state index contributed by atoms with van der Waals surface area (Å²) >= 11 is 3.36. The van der Waals surface area contributed by atoms with Crippen molar-refractivity contribution in [3.8, 4) is 0 Å². The van der Waals surface area contributed by atoms with Crippen LogP contribution < -0.4 is 9.44 Å². The third-order valence-corrected chi connectivity index (χ3v) is 3.98. The lowest BCUT2D eigenvalue weighted by Crippen LogP contribution is -2.35. The van der Waals surface area contributed by atoms with Gasteiger partial charge in [0.15, 0.2) is 0 Å². The van der Waals surface area contributed by atoms with Crippen LogP contribution in [0.25, 0.3) is 0 Å². The summed E-state index contributed by atoms with van der Waals surface area (Å²) in [6, 6.07) is 5.15. The largest absolute Gasteiger partial charge is 0.299 e. The van der Waals surface area contributed by atoms with Crippen LogP contribution in [0.15, 0.2) is 22.7 Å². The quantitative estimate of drug-likeness (QED) is 0.897. The first-order valence-corrected chi connectivity index (χ1v) is 7.14. The Morgan fingerprint density at radius 2 is 1.94 bits per heavy atom. The number of anilines is 1. The summed E-state index contributed by atoms with van der Waals surface area (Å²) in [5.41, 5.74) is 1.53. The van der Waals surface area contributed by atoms with E-state index in [-0.39, 0.29) is 6.04 Å². The van der Waals surface area contributed by atoms with E-state index in [9.17, 15) is 8.42 Å². The minimum absolute atomic E-state index is 0.131. The van der Waals surface area contributed by atoms with Crippen LogP contribution in [0.3, 0.4) is 0 Å². The molecule has 0 aliphatic heterocycles. The highest BCUT2D eigenvalue weighted by Crippen LogP contribution is 2.20. The number of halogens is 1. The Kier molecular flexibility index (Phi) is 4.35. The minimum atomic E-state index is -3.48. The zero-order valence-corrected chi connectivity index (χ0v) is 11.8. The van der Waals surface area contributed by atoms with Gasteiger partial charge in [-0.25, -0.2) is 0 Å². The maximum atomic E-state index is 11.6. The molecule has 0 saturated heterocycles. The van der Waals surface area contributed by atoms with E-state index in [0.717, 1.165) is 10.0 Å². The van der Waals surface area contributed by atoms with E-state index in [1.165, 1.54) is 0 Å². The molecule has 0 spiro atoms. The smallest absolute Gasteiger partial charge is 0.271 e. The highest BCUT2D eigenvalue weighted by molar-refractivity contribution is 9.10. The van der Waals surface area contributed by atoms with Crippen LogP contribution in [-0.4, -0.2) is 14.5 Å². The Labute approximate surface area is 105 Å². The van der Waals surface area contributed by atoms with Gasteiger partial charge >= 0.3 is 0 Å². The van der Waals surface area contributed by atoms with E-state index in [1.807, 2.05) is 13.0 Å². The third-order valence-electron chi connectivity index (χ3n) is 1.80. The molecule has 0 amide bonds. The van der Waals surface area contributed by atoms with E-state index >= 15 is 0 Å². The van der Waals surface area contributed by atoms with Gasteiger partial charge in [-0.05, 0) is 44.5 Å². The molecule has 16 heavy (non-hydrogen) atoms. The fourth-order valence-electron chi connectivity index (χ4n) is 1.20. The van der Waals surface area contributed by atoms with E-state index < -0.39 is 10.2 Å². The summed E-state index contributed by atoms with van der Waals surface area (Å²) in [6.45, 7) is 5.44. The standard InChI is InChI=1S/C10H15BrN2O2S/c1-7(2)12-16(14,15)13-9-4-5-10(11)8(3)6-9/h4-7,12-13H,1-3H3. The van der Waals surface area contributed by atoms with Gasteiger partial charge in [-0.2, -0.15) is 13.1 Å². The average molecular weight is 307 g/mol. The van der Waals surface area contributed by atoms with E-state index in [4.69, 9.17) is 0 Å². The second kappa shape index (κ2) is 5.16. The summed E-state index contributed by atoms with van der Waals surface area (Å²) in [5.74, 6) is 0. The van der Waals surface area contributed by atoms with Gasteiger partial charge in [0.25, 0.3) is 10.2 Å². The molecule has 0 fully saturated rings. The minimum Gasteiger partial charge on any atom is -0.271 e. The van der Waals surface area contributed by atoms with Crippen LogP contribution in [0.5, 0.6) is 0 Å². The number of rotatable bonds is 4. The number of hydrogen-bond acceptors (Lipinski definition) is 2. The Bertz CT molecular complexity index is 472. The molecule has 2 N–H and O–H groups in total. The van der Waals surface area contributed by atoms with E-state index in [0.29, 0.717) is 5.69 Å². The summed E-state index contributed by atoms with van der Waals surface area (Å²) < 4.78 is 29.0. The fourth-order valence-corrected chi connectivity index (χ4v) is 2.57. The SMILES string of the molecule is Cc1cc(NS(=O)(=O)NC(C)C)ccc1Br. The van der Waals surface area contributed by atoms with Gasteiger partial charge in [0.2, 0.25) is 0 Å². The van der Waals surface area contributed by atoms with Gasteiger partial charge in [0.1, 0.15) is 0 Å². The highest BCUT2D eigenvalue weighted by atomic mass is 79.9. The highest BCUT2D eigenvalue weighted by Gasteiger charge is 2.11. The first-order valence-electron chi connectivity index (χ1n) is 4.86. The second-order valence-corrected chi connectivity index (χ2v) is 6.14. The van der Waals surface area contributed by atoms with Gasteiger partial charge in [0.05, 0.1) is 5.69 Å². The van der Waals surface area contributed by atoms with Crippen molar-refractivity contribution in [1.82, 2.24) is 4.72 Å². The van der Waals surface area contributed by atoms with Crippen molar-refractivity contribution in [3.05, 3.63) is 28.2 Å². The molecule has 0 aromatic heterocycles. The van der Waals surface area contributed by atoms with Crippen molar-refractivity contribution < 1.29 is 8.42 Å². The topological polar surface area (TPSA) is 58.2 Å². The normalized spacial score (nSPS) is 11.8. The number of aryl methyl sites for hydroxylation is 1. The Morgan fingerprint density at radius 3 is 2.44 bits per heavy atom. The van der Waals surface area contributed by atoms with E-state index in [1.54, 1.807) is 26.0 Å². The fraction of sp³-hybridized carbons (Fsp3) is 0.400. The van der Waals surface area contributed by atoms with Crippen LogP contribution in [-0.2, 0) is 10.2 Å². The van der Waals surface area contributed by atoms with E-state index in [2.05, 4.69) is 25.4 Å². The molecular formula is C10H15BrN2O2S. The van der Waals surface area contributed by atoms with Crippen molar-refractivity contribution in [2.24, 2.45) is 0 Å². The molecule has 0 aliphatic rings. The number of nitrogens with one attached hydrogen (secondary N) is 2. The summed E-state index contributed by atoms with van der Waals surface area (Å²) in [5, 5.41) is 0. The van der Waals surface area contributed by atoms with Crippen LogP contribution in [0, 0.1) is 6.92 Å². The zero-order chi connectivity index (χ0) is 12.3. The Morgan fingerprint density at radius 1 is 1.31 bits per heavy atom. The second-order valence-electron chi connectivity index (χ2n) is 3.84. The number of benzene rings is 1. The van der Waals surface area contributed by atoms with Gasteiger partial charge < -0.3 is 0 Å². The van der Waals surface area contributed by atoms with Crippen molar-refractivity contribution in [2.75, 3.05) is 4.72 Å². The van der Waals surface area contributed by atoms with Crippen LogP contribution in [0.4, 0.5) is 5.69 Å². The van der Waals surface area contributed by atoms with Crippen LogP contribution in [0.2, 0.25) is 0 Å². The molecule has 0 bridgehead atoms. The molecule has 1 aromatic carbocycles. The lowest BCUT2D eigenvalue weighted by atomic mass is 10.2. The van der Waals surface area contributed by atoms with Gasteiger partial charge in [-0.15, -0.1) is 0 Å². The molecule has 0 radical (unpaired) electrons. The van der Waals surface area contributed by atoms with Crippen LogP contribution in [0.1, 0.15) is 19.4 Å². The molecular weight excluding hydrogens is 292 g/mol. The van der Waals surface area contributed by atoms with Crippen LogP contribution >= 0.6 is 15.9 Å².